The highest BCUT2D eigenvalue weighted by Crippen LogP contribution is 2.28. The zero-order valence-corrected chi connectivity index (χ0v) is 20.5. The largest absolute Gasteiger partial charge is 0.404 e. The molecule has 9 heteroatoms. The van der Waals surface area contributed by atoms with Crippen molar-refractivity contribution in [2.45, 2.75) is 57.3 Å². The fourth-order valence-electron chi connectivity index (χ4n) is 4.29. The molecule has 1 aliphatic carbocycles. The second-order valence-electron chi connectivity index (χ2n) is 9.28. The number of nitrogens with one attached hydrogen (secondary N) is 1. The summed E-state index contributed by atoms with van der Waals surface area (Å²) >= 11 is 0. The zero-order chi connectivity index (χ0) is 25.5. The maximum Gasteiger partial charge on any atom is 0.248 e. The van der Waals surface area contributed by atoms with E-state index in [0.717, 1.165) is 51.5 Å². The van der Waals surface area contributed by atoms with E-state index >= 15 is 0 Å². The first-order valence-corrected chi connectivity index (χ1v) is 12.5. The number of carbonyl (C=O) groups excluding carboxylic acids is 1. The molecular formula is C27H33F2N5O2. The standard InChI is InChI=1S/C27H33F2N5O2/c1-2-23(28)25(5-3-4-10-34-16-21-11-22(17-34)36-21)33-26(35)9-6-18-13-31-15-24(29)27(18)19(12-30)14-32-20-7-8-20/h3,5-6,9,12-15,20-22H,2,4,7-8,10-11,16-17,30H2,1H3,(H,33,35)/b5-3-,9-6+,19-12?,25-23-,32-14?. The van der Waals surface area contributed by atoms with Gasteiger partial charge in [-0.3, -0.25) is 19.7 Å². The van der Waals surface area contributed by atoms with E-state index in [1.165, 1.54) is 24.5 Å². The highest BCUT2D eigenvalue weighted by molar-refractivity contribution is 6.11. The number of hydrogen-bond acceptors (Lipinski definition) is 6. The molecule has 2 atom stereocenters. The Balaban J connectivity index is 1.38. The molecule has 4 heterocycles. The first-order valence-electron chi connectivity index (χ1n) is 12.5. The van der Waals surface area contributed by atoms with Gasteiger partial charge in [-0.05, 0) is 37.8 Å². The topological polar surface area (TPSA) is 92.8 Å². The highest BCUT2D eigenvalue weighted by Gasteiger charge is 2.37. The average molecular weight is 498 g/mol. The van der Waals surface area contributed by atoms with Crippen molar-refractivity contribution in [2.24, 2.45) is 10.7 Å². The second kappa shape index (κ2) is 12.2. The van der Waals surface area contributed by atoms with E-state index < -0.39 is 17.6 Å². The van der Waals surface area contributed by atoms with Crippen LogP contribution < -0.4 is 11.1 Å². The molecule has 4 aliphatic rings. The minimum Gasteiger partial charge on any atom is -0.404 e. The molecule has 0 aromatic carbocycles. The molecule has 192 valence electrons. The third-order valence-corrected chi connectivity index (χ3v) is 6.37. The average Bonchev–Trinajstić information content (AvgIpc) is 3.69. The minimum atomic E-state index is -0.574. The fourth-order valence-corrected chi connectivity index (χ4v) is 4.29. The zero-order valence-electron chi connectivity index (χ0n) is 20.5. The SMILES string of the molecule is CC/C(F)=C(\C=C/CCN1CC2CC(C1)O2)NC(=O)/C=C/c1cncc(F)c1C(C=NC1CC1)=CN. The van der Waals surface area contributed by atoms with Crippen LogP contribution in [-0.4, -0.2) is 59.9 Å². The number of ether oxygens (including phenoxy) is 1. The number of aliphatic imine (C=N–C) groups is 1. The summed E-state index contributed by atoms with van der Waals surface area (Å²) in [7, 11) is 0. The van der Waals surface area contributed by atoms with Crippen molar-refractivity contribution in [1.82, 2.24) is 15.2 Å². The normalized spacial score (nSPS) is 23.4. The summed E-state index contributed by atoms with van der Waals surface area (Å²) in [6.45, 7) is 4.41. The lowest BCUT2D eigenvalue weighted by Gasteiger charge is -2.47. The van der Waals surface area contributed by atoms with Gasteiger partial charge in [-0.25, -0.2) is 8.78 Å². The van der Waals surface area contributed by atoms with Crippen LogP contribution in [0.1, 0.15) is 50.2 Å². The van der Waals surface area contributed by atoms with E-state index in [-0.39, 0.29) is 23.7 Å². The van der Waals surface area contributed by atoms with Crippen molar-refractivity contribution in [3.63, 3.8) is 0 Å². The molecule has 2 unspecified atom stereocenters. The van der Waals surface area contributed by atoms with Crippen molar-refractivity contribution >= 4 is 23.8 Å². The van der Waals surface area contributed by atoms with Crippen molar-refractivity contribution < 1.29 is 18.3 Å². The number of allylic oxidation sites excluding steroid dienone is 3. The lowest BCUT2D eigenvalue weighted by Crippen LogP contribution is -2.57. The van der Waals surface area contributed by atoms with Crippen molar-refractivity contribution in [3.05, 3.63) is 65.3 Å². The molecule has 0 radical (unpaired) electrons. The summed E-state index contributed by atoms with van der Waals surface area (Å²) < 4.78 is 34.7. The Kier molecular flexibility index (Phi) is 8.77. The van der Waals surface area contributed by atoms with Gasteiger partial charge in [-0.15, -0.1) is 0 Å². The first-order chi connectivity index (χ1) is 17.5. The van der Waals surface area contributed by atoms with Crippen LogP contribution in [0.3, 0.4) is 0 Å². The maximum atomic E-state index is 14.6. The minimum absolute atomic E-state index is 0.119. The Morgan fingerprint density at radius 1 is 1.31 bits per heavy atom. The van der Waals surface area contributed by atoms with Gasteiger partial charge in [-0.2, -0.15) is 0 Å². The van der Waals surface area contributed by atoms with Gasteiger partial charge < -0.3 is 15.8 Å². The van der Waals surface area contributed by atoms with Gasteiger partial charge in [0.1, 0.15) is 11.6 Å². The van der Waals surface area contributed by atoms with Crippen LogP contribution >= 0.6 is 0 Å². The van der Waals surface area contributed by atoms with E-state index in [9.17, 15) is 13.6 Å². The summed E-state index contributed by atoms with van der Waals surface area (Å²) in [6, 6.07) is 0.251. The van der Waals surface area contributed by atoms with Gasteiger partial charge >= 0.3 is 0 Å². The predicted octanol–water partition coefficient (Wildman–Crippen LogP) is 3.89. The quantitative estimate of drug-likeness (QED) is 0.275. The third-order valence-electron chi connectivity index (χ3n) is 6.37. The number of amides is 1. The number of nitrogens with two attached hydrogens (primary N) is 1. The van der Waals surface area contributed by atoms with Crippen LogP contribution in [0.5, 0.6) is 0 Å². The summed E-state index contributed by atoms with van der Waals surface area (Å²) in [5.41, 5.74) is 6.82. The van der Waals surface area contributed by atoms with Crippen LogP contribution in [0.25, 0.3) is 11.6 Å². The van der Waals surface area contributed by atoms with E-state index in [2.05, 4.69) is 20.2 Å². The van der Waals surface area contributed by atoms with Crippen LogP contribution in [0.15, 0.2) is 53.3 Å². The Hall–Kier alpha value is -3.17. The van der Waals surface area contributed by atoms with Crippen molar-refractivity contribution in [3.8, 4) is 0 Å². The Bertz CT molecular complexity index is 1090. The van der Waals surface area contributed by atoms with Crippen LogP contribution in [-0.2, 0) is 9.53 Å². The summed E-state index contributed by atoms with van der Waals surface area (Å²) in [5.74, 6) is -1.53. The third kappa shape index (κ3) is 6.95. The molecule has 3 N–H and O–H groups in total. The number of hydrogen-bond donors (Lipinski definition) is 2. The molecule has 4 fully saturated rings. The molecular weight excluding hydrogens is 464 g/mol. The Morgan fingerprint density at radius 3 is 2.72 bits per heavy atom. The fraction of sp³-hybridized carbons (Fsp3) is 0.444. The lowest BCUT2D eigenvalue weighted by molar-refractivity contribution is -0.180. The van der Waals surface area contributed by atoms with E-state index in [1.54, 1.807) is 19.2 Å². The Morgan fingerprint density at radius 2 is 2.06 bits per heavy atom. The molecule has 1 amide bonds. The van der Waals surface area contributed by atoms with Gasteiger partial charge in [0, 0.05) is 67.4 Å². The number of carbonyl (C=O) groups is 1. The molecule has 5 rings (SSSR count). The molecule has 1 aromatic heterocycles. The molecule has 7 nitrogen and oxygen atoms in total. The number of aromatic nitrogens is 1. The molecule has 1 saturated carbocycles. The van der Waals surface area contributed by atoms with Crippen LogP contribution in [0, 0.1) is 5.82 Å². The van der Waals surface area contributed by atoms with Crippen molar-refractivity contribution in [1.29, 1.82) is 0 Å². The number of piperidine rings is 1. The van der Waals surface area contributed by atoms with Crippen LogP contribution in [0.4, 0.5) is 8.78 Å². The van der Waals surface area contributed by atoms with Gasteiger partial charge in [0.05, 0.1) is 30.1 Å². The number of nitrogens with zero attached hydrogens (tertiary/aromatic N) is 3. The lowest BCUT2D eigenvalue weighted by atomic mass is 9.99. The number of rotatable bonds is 11. The summed E-state index contributed by atoms with van der Waals surface area (Å²) in [5, 5.41) is 2.59. The molecule has 0 spiro atoms. The maximum absolute atomic E-state index is 14.6. The monoisotopic (exact) mass is 497 g/mol. The second-order valence-corrected chi connectivity index (χ2v) is 9.28. The van der Waals surface area contributed by atoms with Crippen LogP contribution in [0.2, 0.25) is 0 Å². The summed E-state index contributed by atoms with van der Waals surface area (Å²) in [4.78, 5) is 23.2. The van der Waals surface area contributed by atoms with Gasteiger partial charge in [0.25, 0.3) is 0 Å². The predicted molar refractivity (Wildman–Crippen MR) is 137 cm³/mol. The van der Waals surface area contributed by atoms with Gasteiger partial charge in [-0.1, -0.05) is 13.0 Å². The van der Waals surface area contributed by atoms with Gasteiger partial charge in [0.15, 0.2) is 0 Å². The number of morpholine rings is 1. The number of pyridine rings is 1. The first kappa shape index (κ1) is 25.9. The Labute approximate surface area is 210 Å². The molecule has 1 aromatic rings. The smallest absolute Gasteiger partial charge is 0.248 e. The van der Waals surface area contributed by atoms with Crippen molar-refractivity contribution in [2.75, 3.05) is 19.6 Å². The molecule has 3 aliphatic heterocycles. The highest BCUT2D eigenvalue weighted by atomic mass is 19.1. The molecule has 2 bridgehead atoms. The number of fused-ring (bicyclic) bond motifs is 2. The van der Waals surface area contributed by atoms with E-state index in [4.69, 9.17) is 10.5 Å². The van der Waals surface area contributed by atoms with E-state index in [1.807, 2.05) is 6.08 Å². The van der Waals surface area contributed by atoms with E-state index in [0.29, 0.717) is 23.3 Å². The van der Waals surface area contributed by atoms with Gasteiger partial charge in [0.2, 0.25) is 5.91 Å². The molecule has 3 saturated heterocycles. The number of halogens is 2. The summed E-state index contributed by atoms with van der Waals surface area (Å²) in [6.07, 6.45) is 16.2. The molecule has 36 heavy (non-hydrogen) atoms.